The smallest absolute Gasteiger partial charge is 0.307 e. The van der Waals surface area contributed by atoms with Crippen molar-refractivity contribution in [2.45, 2.75) is 13.0 Å². The number of nitrogens with one attached hydrogen (secondary N) is 1. The lowest BCUT2D eigenvalue weighted by Crippen LogP contribution is -2.07. The van der Waals surface area contributed by atoms with Crippen LogP contribution in [0.5, 0.6) is 0 Å². The van der Waals surface area contributed by atoms with Crippen LogP contribution in [0.1, 0.15) is 11.1 Å². The molecule has 20 heavy (non-hydrogen) atoms. The fraction of sp³-hybridized carbons (Fsp3) is 0.133. The molecule has 2 N–H and O–H groups in total. The maximum Gasteiger partial charge on any atom is 0.307 e. The van der Waals surface area contributed by atoms with Crippen LogP contribution in [0, 0.1) is 9.39 Å². The minimum absolute atomic E-state index is 0.00162. The summed E-state index contributed by atoms with van der Waals surface area (Å²) in [5, 5.41) is 12.1. The fourth-order valence-electron chi connectivity index (χ4n) is 1.89. The van der Waals surface area contributed by atoms with E-state index in [2.05, 4.69) is 27.9 Å². The number of aliphatic carboxylic acids is 1. The first kappa shape index (κ1) is 14.8. The van der Waals surface area contributed by atoms with Crippen molar-refractivity contribution in [3.05, 3.63) is 63.0 Å². The third-order valence-corrected chi connectivity index (χ3v) is 3.75. The molecular formula is C15H13FINO2. The number of hydrogen-bond acceptors (Lipinski definition) is 2. The summed E-state index contributed by atoms with van der Waals surface area (Å²) in [5.74, 6) is -1.12. The molecule has 0 bridgehead atoms. The van der Waals surface area contributed by atoms with Crippen molar-refractivity contribution in [2.75, 3.05) is 5.32 Å². The van der Waals surface area contributed by atoms with Crippen LogP contribution in [0.25, 0.3) is 0 Å². The van der Waals surface area contributed by atoms with E-state index >= 15 is 0 Å². The van der Waals surface area contributed by atoms with Gasteiger partial charge in [0, 0.05) is 15.8 Å². The summed E-state index contributed by atoms with van der Waals surface area (Å²) in [6, 6.07) is 11.9. The average Bonchev–Trinajstić information content (AvgIpc) is 2.39. The van der Waals surface area contributed by atoms with Crippen LogP contribution in [0.4, 0.5) is 10.1 Å². The van der Waals surface area contributed by atoms with Gasteiger partial charge in [0.25, 0.3) is 0 Å². The molecule has 0 aliphatic rings. The van der Waals surface area contributed by atoms with Gasteiger partial charge >= 0.3 is 5.97 Å². The summed E-state index contributed by atoms with van der Waals surface area (Å²) >= 11 is 2.06. The summed E-state index contributed by atoms with van der Waals surface area (Å²) in [7, 11) is 0. The molecule has 0 saturated carbocycles. The lowest BCUT2D eigenvalue weighted by Gasteiger charge is -2.11. The predicted octanol–water partition coefficient (Wildman–Crippen LogP) is 3.67. The normalized spacial score (nSPS) is 10.3. The third-order valence-electron chi connectivity index (χ3n) is 2.86. The van der Waals surface area contributed by atoms with E-state index in [1.54, 1.807) is 12.1 Å². The van der Waals surface area contributed by atoms with E-state index in [9.17, 15) is 9.18 Å². The van der Waals surface area contributed by atoms with Gasteiger partial charge in [0.05, 0.1) is 6.42 Å². The molecule has 2 aromatic carbocycles. The van der Waals surface area contributed by atoms with Crippen molar-refractivity contribution >= 4 is 34.2 Å². The number of halogens is 2. The molecule has 0 unspecified atom stereocenters. The van der Waals surface area contributed by atoms with Gasteiger partial charge in [0.15, 0.2) is 0 Å². The number of rotatable bonds is 5. The molecule has 0 saturated heterocycles. The Bertz CT molecular complexity index is 631. The van der Waals surface area contributed by atoms with Crippen molar-refractivity contribution < 1.29 is 14.3 Å². The Balaban J connectivity index is 2.12. The SMILES string of the molecule is O=C(O)Cc1ccccc1CNc1ccc(F)cc1I. The molecule has 0 spiro atoms. The molecule has 5 heteroatoms. The Hall–Kier alpha value is -1.63. The fourth-order valence-corrected chi connectivity index (χ4v) is 2.56. The molecule has 0 aliphatic carbocycles. The molecule has 0 aliphatic heterocycles. The van der Waals surface area contributed by atoms with E-state index in [1.165, 1.54) is 12.1 Å². The first-order valence-electron chi connectivity index (χ1n) is 6.04. The maximum absolute atomic E-state index is 13.0. The van der Waals surface area contributed by atoms with E-state index in [0.717, 1.165) is 20.4 Å². The van der Waals surface area contributed by atoms with Gasteiger partial charge in [0.2, 0.25) is 0 Å². The van der Waals surface area contributed by atoms with Crippen molar-refractivity contribution in [3.63, 3.8) is 0 Å². The van der Waals surface area contributed by atoms with Crippen LogP contribution >= 0.6 is 22.6 Å². The minimum atomic E-state index is -0.853. The molecule has 0 heterocycles. The van der Waals surface area contributed by atoms with Crippen molar-refractivity contribution in [2.24, 2.45) is 0 Å². The summed E-state index contributed by atoms with van der Waals surface area (Å²) in [6.45, 7) is 0.505. The van der Waals surface area contributed by atoms with E-state index in [1.807, 2.05) is 18.2 Å². The molecule has 0 amide bonds. The van der Waals surface area contributed by atoms with Gasteiger partial charge in [-0.2, -0.15) is 0 Å². The second-order valence-corrected chi connectivity index (χ2v) is 5.48. The number of hydrogen-bond donors (Lipinski definition) is 2. The van der Waals surface area contributed by atoms with Crippen LogP contribution in [-0.4, -0.2) is 11.1 Å². The van der Waals surface area contributed by atoms with Gasteiger partial charge in [-0.05, 0) is 51.9 Å². The third kappa shape index (κ3) is 3.93. The van der Waals surface area contributed by atoms with Gasteiger partial charge in [0.1, 0.15) is 5.82 Å². The monoisotopic (exact) mass is 385 g/mol. The molecule has 2 aromatic rings. The maximum atomic E-state index is 13.0. The highest BCUT2D eigenvalue weighted by Gasteiger charge is 2.07. The zero-order chi connectivity index (χ0) is 14.5. The highest BCUT2D eigenvalue weighted by atomic mass is 127. The summed E-state index contributed by atoms with van der Waals surface area (Å²) in [5.41, 5.74) is 2.54. The van der Waals surface area contributed by atoms with Gasteiger partial charge in [-0.3, -0.25) is 4.79 Å². The van der Waals surface area contributed by atoms with Crippen LogP contribution in [-0.2, 0) is 17.8 Å². The number of carboxylic acid groups (broad SMARTS) is 1. The lowest BCUT2D eigenvalue weighted by molar-refractivity contribution is -0.136. The first-order valence-corrected chi connectivity index (χ1v) is 7.11. The van der Waals surface area contributed by atoms with Crippen LogP contribution in [0.2, 0.25) is 0 Å². The quantitative estimate of drug-likeness (QED) is 0.773. The second-order valence-electron chi connectivity index (χ2n) is 4.32. The molecule has 3 nitrogen and oxygen atoms in total. The first-order chi connectivity index (χ1) is 9.56. The minimum Gasteiger partial charge on any atom is -0.481 e. The molecular weight excluding hydrogens is 372 g/mol. The Morgan fingerprint density at radius 3 is 2.55 bits per heavy atom. The molecule has 0 aromatic heterocycles. The topological polar surface area (TPSA) is 49.3 Å². The molecule has 0 radical (unpaired) electrons. The summed E-state index contributed by atoms with van der Waals surface area (Å²) in [6.07, 6.45) is -0.00162. The Kier molecular flexibility index (Phi) is 4.94. The predicted molar refractivity (Wildman–Crippen MR) is 84.2 cm³/mol. The zero-order valence-corrected chi connectivity index (χ0v) is 12.7. The van der Waals surface area contributed by atoms with Gasteiger partial charge < -0.3 is 10.4 Å². The van der Waals surface area contributed by atoms with E-state index < -0.39 is 5.97 Å². The molecule has 104 valence electrons. The Labute approximate surface area is 130 Å². The zero-order valence-electron chi connectivity index (χ0n) is 10.6. The average molecular weight is 385 g/mol. The Morgan fingerprint density at radius 1 is 1.20 bits per heavy atom. The van der Waals surface area contributed by atoms with E-state index in [4.69, 9.17) is 5.11 Å². The van der Waals surface area contributed by atoms with Crippen molar-refractivity contribution in [3.8, 4) is 0 Å². The van der Waals surface area contributed by atoms with Gasteiger partial charge in [-0.25, -0.2) is 4.39 Å². The molecule has 0 atom stereocenters. The molecule has 2 rings (SSSR count). The number of benzene rings is 2. The highest BCUT2D eigenvalue weighted by molar-refractivity contribution is 14.1. The second kappa shape index (κ2) is 6.69. The van der Waals surface area contributed by atoms with Crippen LogP contribution in [0.15, 0.2) is 42.5 Å². The number of anilines is 1. The van der Waals surface area contributed by atoms with Crippen LogP contribution in [0.3, 0.4) is 0 Å². The summed E-state index contributed by atoms with van der Waals surface area (Å²) in [4.78, 5) is 10.8. The summed E-state index contributed by atoms with van der Waals surface area (Å²) < 4.78 is 13.8. The van der Waals surface area contributed by atoms with Crippen LogP contribution < -0.4 is 5.32 Å². The van der Waals surface area contributed by atoms with E-state index in [-0.39, 0.29) is 12.2 Å². The van der Waals surface area contributed by atoms with Gasteiger partial charge in [-0.15, -0.1) is 0 Å². The van der Waals surface area contributed by atoms with Crippen molar-refractivity contribution in [1.29, 1.82) is 0 Å². The van der Waals surface area contributed by atoms with Gasteiger partial charge in [-0.1, -0.05) is 24.3 Å². The van der Waals surface area contributed by atoms with Crippen molar-refractivity contribution in [1.82, 2.24) is 0 Å². The largest absolute Gasteiger partial charge is 0.481 e. The molecule has 0 fully saturated rings. The number of carbonyl (C=O) groups is 1. The standard InChI is InChI=1S/C15H13FINO2/c16-12-5-6-14(13(17)8-12)18-9-11-4-2-1-3-10(11)7-15(19)20/h1-6,8,18H,7,9H2,(H,19,20). The van der Waals surface area contributed by atoms with E-state index in [0.29, 0.717) is 6.54 Å². The highest BCUT2D eigenvalue weighted by Crippen LogP contribution is 2.20. The Morgan fingerprint density at radius 2 is 1.90 bits per heavy atom. The lowest BCUT2D eigenvalue weighted by atomic mass is 10.0. The number of carboxylic acids is 1.